The highest BCUT2D eigenvalue weighted by Gasteiger charge is 2.22. The molecule has 0 saturated carbocycles. The standard InChI is InChI=1S/C16H19N3O2/c20-16(15-7-4-10-21-15)17-9-8-13-11-18-19(12-13)14-5-2-1-3-6-14/h1-3,5-6,11-12,15H,4,7-10H2,(H,17,20). The molecule has 5 heteroatoms. The Morgan fingerprint density at radius 2 is 2.24 bits per heavy atom. The van der Waals surface area contributed by atoms with E-state index in [-0.39, 0.29) is 12.0 Å². The Morgan fingerprint density at radius 3 is 3.00 bits per heavy atom. The highest BCUT2D eigenvalue weighted by atomic mass is 16.5. The minimum Gasteiger partial charge on any atom is -0.368 e. The van der Waals surface area contributed by atoms with Crippen molar-refractivity contribution >= 4 is 5.91 Å². The van der Waals surface area contributed by atoms with Crippen molar-refractivity contribution in [3.05, 3.63) is 48.3 Å². The van der Waals surface area contributed by atoms with E-state index in [0.29, 0.717) is 13.2 Å². The van der Waals surface area contributed by atoms with Crippen LogP contribution >= 0.6 is 0 Å². The number of amides is 1. The van der Waals surface area contributed by atoms with Crippen molar-refractivity contribution in [1.82, 2.24) is 15.1 Å². The van der Waals surface area contributed by atoms with Gasteiger partial charge >= 0.3 is 0 Å². The van der Waals surface area contributed by atoms with E-state index in [4.69, 9.17) is 4.74 Å². The first-order valence-electron chi connectivity index (χ1n) is 7.31. The Hall–Kier alpha value is -2.14. The smallest absolute Gasteiger partial charge is 0.249 e. The van der Waals surface area contributed by atoms with Crippen molar-refractivity contribution in [1.29, 1.82) is 0 Å². The lowest BCUT2D eigenvalue weighted by molar-refractivity contribution is -0.129. The van der Waals surface area contributed by atoms with E-state index in [9.17, 15) is 4.79 Å². The van der Waals surface area contributed by atoms with Crippen LogP contribution in [0.2, 0.25) is 0 Å². The van der Waals surface area contributed by atoms with Gasteiger partial charge in [-0.3, -0.25) is 4.79 Å². The molecule has 1 aromatic heterocycles. The lowest BCUT2D eigenvalue weighted by atomic mass is 10.2. The zero-order valence-electron chi connectivity index (χ0n) is 11.9. The maximum absolute atomic E-state index is 11.8. The summed E-state index contributed by atoms with van der Waals surface area (Å²) in [5.74, 6) is 0.00273. The van der Waals surface area contributed by atoms with E-state index in [2.05, 4.69) is 10.4 Å². The van der Waals surface area contributed by atoms with Crippen LogP contribution in [0.15, 0.2) is 42.7 Å². The second-order valence-electron chi connectivity index (χ2n) is 5.17. The highest BCUT2D eigenvalue weighted by molar-refractivity contribution is 5.80. The molecule has 2 heterocycles. The van der Waals surface area contributed by atoms with Gasteiger partial charge in [0.2, 0.25) is 5.91 Å². The SMILES string of the molecule is O=C(NCCc1cnn(-c2ccccc2)c1)C1CCCO1. The summed E-state index contributed by atoms with van der Waals surface area (Å²) in [6, 6.07) is 9.97. The highest BCUT2D eigenvalue weighted by Crippen LogP contribution is 2.12. The molecule has 0 spiro atoms. The summed E-state index contributed by atoms with van der Waals surface area (Å²) >= 11 is 0. The molecule has 3 rings (SSSR count). The van der Waals surface area contributed by atoms with Crippen LogP contribution in [0.1, 0.15) is 18.4 Å². The van der Waals surface area contributed by atoms with E-state index >= 15 is 0 Å². The molecule has 1 aliphatic rings. The number of para-hydroxylation sites is 1. The molecule has 1 atom stereocenters. The molecular formula is C16H19N3O2. The largest absolute Gasteiger partial charge is 0.368 e. The van der Waals surface area contributed by atoms with Crippen molar-refractivity contribution in [3.63, 3.8) is 0 Å². The summed E-state index contributed by atoms with van der Waals surface area (Å²) in [5, 5.41) is 7.26. The lowest BCUT2D eigenvalue weighted by Crippen LogP contribution is -2.35. The third kappa shape index (κ3) is 3.49. The summed E-state index contributed by atoms with van der Waals surface area (Å²) in [6.45, 7) is 1.31. The van der Waals surface area contributed by atoms with E-state index in [1.54, 1.807) is 0 Å². The van der Waals surface area contributed by atoms with Crippen LogP contribution in [-0.2, 0) is 16.0 Å². The summed E-state index contributed by atoms with van der Waals surface area (Å²) in [6.07, 6.45) is 6.15. The first kappa shape index (κ1) is 13.8. The van der Waals surface area contributed by atoms with Crippen LogP contribution in [0.4, 0.5) is 0 Å². The number of hydrogen-bond acceptors (Lipinski definition) is 3. The molecule has 0 radical (unpaired) electrons. The van der Waals surface area contributed by atoms with Crippen LogP contribution in [0, 0.1) is 0 Å². The second kappa shape index (κ2) is 6.54. The minimum atomic E-state index is -0.253. The Balaban J connectivity index is 1.50. The second-order valence-corrected chi connectivity index (χ2v) is 5.17. The van der Waals surface area contributed by atoms with E-state index in [1.807, 2.05) is 47.4 Å². The zero-order valence-corrected chi connectivity index (χ0v) is 11.9. The molecule has 0 aliphatic carbocycles. The van der Waals surface area contributed by atoms with Gasteiger partial charge < -0.3 is 10.1 Å². The minimum absolute atomic E-state index is 0.00273. The van der Waals surface area contributed by atoms with E-state index in [1.165, 1.54) is 0 Å². The average Bonchev–Trinajstić information content (AvgIpc) is 3.20. The van der Waals surface area contributed by atoms with Crippen molar-refractivity contribution in [2.75, 3.05) is 13.2 Å². The number of benzene rings is 1. The van der Waals surface area contributed by atoms with Gasteiger partial charge in [-0.25, -0.2) is 4.68 Å². The van der Waals surface area contributed by atoms with Crippen LogP contribution in [0.3, 0.4) is 0 Å². The number of carbonyl (C=O) groups excluding carboxylic acids is 1. The number of nitrogens with zero attached hydrogens (tertiary/aromatic N) is 2. The fraction of sp³-hybridized carbons (Fsp3) is 0.375. The predicted molar refractivity (Wildman–Crippen MR) is 79.3 cm³/mol. The first-order valence-corrected chi connectivity index (χ1v) is 7.31. The first-order chi connectivity index (χ1) is 10.3. The molecule has 0 bridgehead atoms. The monoisotopic (exact) mass is 285 g/mol. The number of ether oxygens (including phenoxy) is 1. The van der Waals surface area contributed by atoms with Crippen molar-refractivity contribution in [2.45, 2.75) is 25.4 Å². The lowest BCUT2D eigenvalue weighted by Gasteiger charge is -2.09. The maximum Gasteiger partial charge on any atom is 0.249 e. The molecule has 1 aromatic carbocycles. The third-order valence-corrected chi connectivity index (χ3v) is 3.59. The van der Waals surface area contributed by atoms with Gasteiger partial charge in [0.1, 0.15) is 6.10 Å². The molecule has 1 saturated heterocycles. The van der Waals surface area contributed by atoms with E-state index in [0.717, 1.165) is 30.5 Å². The fourth-order valence-electron chi connectivity index (χ4n) is 2.44. The summed E-state index contributed by atoms with van der Waals surface area (Å²) in [7, 11) is 0. The number of nitrogens with one attached hydrogen (secondary N) is 1. The number of rotatable bonds is 5. The Morgan fingerprint density at radius 1 is 1.38 bits per heavy atom. The summed E-state index contributed by atoms with van der Waals surface area (Å²) in [5.41, 5.74) is 2.14. The van der Waals surface area contributed by atoms with Crippen molar-refractivity contribution in [2.24, 2.45) is 0 Å². The van der Waals surface area contributed by atoms with Gasteiger partial charge in [-0.2, -0.15) is 5.10 Å². The average molecular weight is 285 g/mol. The molecule has 110 valence electrons. The molecule has 1 fully saturated rings. The Labute approximate surface area is 123 Å². The normalized spacial score (nSPS) is 17.8. The molecular weight excluding hydrogens is 266 g/mol. The van der Waals surface area contributed by atoms with Gasteiger partial charge in [-0.1, -0.05) is 18.2 Å². The van der Waals surface area contributed by atoms with Crippen LogP contribution in [-0.4, -0.2) is 34.9 Å². The van der Waals surface area contributed by atoms with Gasteiger partial charge in [0.05, 0.1) is 11.9 Å². The van der Waals surface area contributed by atoms with Gasteiger partial charge in [-0.15, -0.1) is 0 Å². The number of aromatic nitrogens is 2. The summed E-state index contributed by atoms with van der Waals surface area (Å²) in [4.78, 5) is 11.8. The van der Waals surface area contributed by atoms with Crippen LogP contribution < -0.4 is 5.32 Å². The molecule has 1 aliphatic heterocycles. The Bertz CT molecular complexity index is 589. The van der Waals surface area contributed by atoms with Gasteiger partial charge in [0.25, 0.3) is 0 Å². The predicted octanol–water partition coefficient (Wildman–Crippen LogP) is 1.71. The molecule has 2 aromatic rings. The molecule has 1 amide bonds. The molecule has 21 heavy (non-hydrogen) atoms. The van der Waals surface area contributed by atoms with E-state index < -0.39 is 0 Å². The number of carbonyl (C=O) groups is 1. The third-order valence-electron chi connectivity index (χ3n) is 3.59. The van der Waals surface area contributed by atoms with Crippen molar-refractivity contribution < 1.29 is 9.53 Å². The van der Waals surface area contributed by atoms with Gasteiger partial charge in [0.15, 0.2) is 0 Å². The quantitative estimate of drug-likeness (QED) is 0.910. The van der Waals surface area contributed by atoms with Crippen molar-refractivity contribution in [3.8, 4) is 5.69 Å². The van der Waals surface area contributed by atoms with Crippen LogP contribution in [0.25, 0.3) is 5.69 Å². The molecule has 1 unspecified atom stereocenters. The topological polar surface area (TPSA) is 56.2 Å². The fourth-order valence-corrected chi connectivity index (χ4v) is 2.44. The maximum atomic E-state index is 11.8. The van der Waals surface area contributed by atoms with Crippen LogP contribution in [0.5, 0.6) is 0 Å². The zero-order chi connectivity index (χ0) is 14.5. The van der Waals surface area contributed by atoms with Gasteiger partial charge in [0, 0.05) is 19.3 Å². The molecule has 5 nitrogen and oxygen atoms in total. The Kier molecular flexibility index (Phi) is 4.31. The number of hydrogen-bond donors (Lipinski definition) is 1. The molecule has 1 N–H and O–H groups in total. The van der Waals surface area contributed by atoms with Gasteiger partial charge in [-0.05, 0) is 37.0 Å². The summed E-state index contributed by atoms with van der Waals surface area (Å²) < 4.78 is 7.20.